The van der Waals surface area contributed by atoms with Crippen molar-refractivity contribution in [3.8, 4) is 0 Å². The maximum atomic E-state index is 13.5. The van der Waals surface area contributed by atoms with Crippen LogP contribution in [0.4, 0.5) is 4.39 Å². The molecule has 94 valence electrons. The van der Waals surface area contributed by atoms with Crippen LogP contribution in [0.3, 0.4) is 0 Å². The monoisotopic (exact) mass is 257 g/mol. The minimum Gasteiger partial charge on any atom is -0.392 e. The molecule has 0 aliphatic rings. The Morgan fingerprint density at radius 2 is 2.18 bits per heavy atom. The van der Waals surface area contributed by atoms with Gasteiger partial charge in [-0.3, -0.25) is 4.79 Å². The zero-order valence-corrected chi connectivity index (χ0v) is 10.6. The van der Waals surface area contributed by atoms with Gasteiger partial charge in [0.05, 0.1) is 6.10 Å². The molecule has 0 saturated heterocycles. The zero-order chi connectivity index (χ0) is 13.0. The molecule has 0 aliphatic heterocycles. The minimum absolute atomic E-state index is 0.00614. The van der Waals surface area contributed by atoms with Gasteiger partial charge in [-0.1, -0.05) is 6.92 Å². The molecule has 0 saturated carbocycles. The van der Waals surface area contributed by atoms with Gasteiger partial charge in [-0.05, 0) is 30.7 Å². The predicted octanol–water partition coefficient (Wildman–Crippen LogP) is 1.93. The van der Waals surface area contributed by atoms with Gasteiger partial charge in [0, 0.05) is 16.6 Å². The van der Waals surface area contributed by atoms with E-state index in [-0.39, 0.29) is 11.1 Å². The lowest BCUT2D eigenvalue weighted by molar-refractivity contribution is 0.1000. The number of halogens is 1. The van der Waals surface area contributed by atoms with Gasteiger partial charge < -0.3 is 10.8 Å². The molecule has 1 aromatic rings. The topological polar surface area (TPSA) is 63.3 Å². The molecule has 5 heteroatoms. The number of hydrogen-bond acceptors (Lipinski definition) is 3. The van der Waals surface area contributed by atoms with Crippen LogP contribution < -0.4 is 5.73 Å². The van der Waals surface area contributed by atoms with Crippen LogP contribution in [0.5, 0.6) is 0 Å². The average molecular weight is 257 g/mol. The number of carbonyl (C=O) groups excluding carboxylic acids is 1. The van der Waals surface area contributed by atoms with Crippen molar-refractivity contribution in [3.63, 3.8) is 0 Å². The average Bonchev–Trinajstić information content (AvgIpc) is 2.26. The van der Waals surface area contributed by atoms with E-state index in [1.807, 2.05) is 6.92 Å². The number of thioether (sulfide) groups is 1. The van der Waals surface area contributed by atoms with Gasteiger partial charge in [0.25, 0.3) is 0 Å². The Hall–Kier alpha value is -1.07. The van der Waals surface area contributed by atoms with Crippen LogP contribution in [0.1, 0.15) is 29.8 Å². The lowest BCUT2D eigenvalue weighted by atomic mass is 10.1. The van der Waals surface area contributed by atoms with Crippen molar-refractivity contribution >= 4 is 17.7 Å². The number of benzene rings is 1. The number of rotatable bonds is 5. The first-order valence-corrected chi connectivity index (χ1v) is 6.34. The van der Waals surface area contributed by atoms with E-state index in [1.54, 1.807) is 6.92 Å². The molecule has 0 fully saturated rings. The maximum Gasteiger partial charge on any atom is 0.248 e. The van der Waals surface area contributed by atoms with E-state index in [4.69, 9.17) is 5.73 Å². The molecule has 2 atom stereocenters. The highest BCUT2D eigenvalue weighted by atomic mass is 32.2. The Labute approximate surface area is 104 Å². The molecule has 3 nitrogen and oxygen atoms in total. The molecule has 0 aromatic heterocycles. The van der Waals surface area contributed by atoms with Gasteiger partial charge in [-0.15, -0.1) is 0 Å². The van der Waals surface area contributed by atoms with Crippen LogP contribution in [0, 0.1) is 5.82 Å². The van der Waals surface area contributed by atoms with E-state index in [1.165, 1.54) is 30.0 Å². The van der Waals surface area contributed by atoms with Gasteiger partial charge in [0.1, 0.15) is 5.82 Å². The predicted molar refractivity (Wildman–Crippen MR) is 67.4 cm³/mol. The molecule has 17 heavy (non-hydrogen) atoms. The molecule has 0 spiro atoms. The van der Waals surface area contributed by atoms with Gasteiger partial charge in [-0.2, -0.15) is 11.8 Å². The minimum atomic E-state index is -0.570. The molecular formula is C12H16FNO2S. The fourth-order valence-corrected chi connectivity index (χ4v) is 2.14. The highest BCUT2D eigenvalue weighted by molar-refractivity contribution is 7.99. The van der Waals surface area contributed by atoms with E-state index in [9.17, 15) is 14.3 Å². The summed E-state index contributed by atoms with van der Waals surface area (Å²) in [6.45, 7) is 3.55. The fraction of sp³-hybridized carbons (Fsp3) is 0.417. The number of carbonyl (C=O) groups is 1. The van der Waals surface area contributed by atoms with E-state index in [0.717, 1.165) is 0 Å². The Balaban J connectivity index is 2.76. The van der Waals surface area contributed by atoms with E-state index >= 15 is 0 Å². The summed E-state index contributed by atoms with van der Waals surface area (Å²) in [4.78, 5) is 11.0. The van der Waals surface area contributed by atoms with Gasteiger partial charge in [-0.25, -0.2) is 4.39 Å². The Morgan fingerprint density at radius 3 is 2.71 bits per heavy atom. The highest BCUT2D eigenvalue weighted by Crippen LogP contribution is 2.22. The zero-order valence-electron chi connectivity index (χ0n) is 9.81. The molecule has 0 aliphatic carbocycles. The third-order valence-electron chi connectivity index (χ3n) is 2.51. The summed E-state index contributed by atoms with van der Waals surface area (Å²) in [5.41, 5.74) is 5.86. The van der Waals surface area contributed by atoms with Crippen LogP contribution in [0.25, 0.3) is 0 Å². The molecular weight excluding hydrogens is 241 g/mol. The van der Waals surface area contributed by atoms with Crippen molar-refractivity contribution in [2.45, 2.75) is 31.0 Å². The molecule has 0 bridgehead atoms. The first-order valence-electron chi connectivity index (χ1n) is 5.29. The molecule has 1 rings (SSSR count). The Morgan fingerprint density at radius 1 is 1.53 bits per heavy atom. The standard InChI is InChI=1S/C12H16FNO2S/c1-7(15)8(2)17-6-10-5-9(12(14)16)3-4-11(10)13/h3-5,7-8,15H,6H2,1-2H3,(H2,14,16). The maximum absolute atomic E-state index is 13.5. The van der Waals surface area contributed by atoms with Crippen LogP contribution >= 0.6 is 11.8 Å². The number of amides is 1. The van der Waals surface area contributed by atoms with Crippen molar-refractivity contribution < 1.29 is 14.3 Å². The van der Waals surface area contributed by atoms with Crippen LogP contribution in [-0.2, 0) is 5.75 Å². The van der Waals surface area contributed by atoms with E-state index < -0.39 is 12.0 Å². The van der Waals surface area contributed by atoms with Crippen molar-refractivity contribution in [3.05, 3.63) is 35.1 Å². The third kappa shape index (κ3) is 4.02. The molecule has 1 amide bonds. The Bertz CT molecular complexity index is 409. The fourth-order valence-electron chi connectivity index (χ4n) is 1.20. The van der Waals surface area contributed by atoms with Crippen molar-refractivity contribution in [2.75, 3.05) is 0 Å². The number of aliphatic hydroxyl groups is 1. The summed E-state index contributed by atoms with van der Waals surface area (Å²) < 4.78 is 13.5. The normalized spacial score (nSPS) is 14.4. The number of hydrogen-bond donors (Lipinski definition) is 2. The van der Waals surface area contributed by atoms with Crippen LogP contribution in [-0.4, -0.2) is 22.4 Å². The quantitative estimate of drug-likeness (QED) is 0.847. The van der Waals surface area contributed by atoms with E-state index in [0.29, 0.717) is 16.9 Å². The van der Waals surface area contributed by atoms with Crippen molar-refractivity contribution in [2.24, 2.45) is 5.73 Å². The number of aliphatic hydroxyl groups excluding tert-OH is 1. The lowest BCUT2D eigenvalue weighted by Gasteiger charge is -2.14. The first kappa shape index (κ1) is 14.0. The second-order valence-electron chi connectivity index (χ2n) is 3.93. The van der Waals surface area contributed by atoms with Crippen molar-refractivity contribution in [1.29, 1.82) is 0 Å². The van der Waals surface area contributed by atoms with Crippen LogP contribution in [0.15, 0.2) is 18.2 Å². The van der Waals surface area contributed by atoms with Crippen molar-refractivity contribution in [1.82, 2.24) is 0 Å². The van der Waals surface area contributed by atoms with E-state index in [2.05, 4.69) is 0 Å². The number of primary amides is 1. The molecule has 0 heterocycles. The molecule has 2 unspecified atom stereocenters. The summed E-state index contributed by atoms with van der Waals surface area (Å²) in [5.74, 6) is -0.529. The molecule has 0 radical (unpaired) electrons. The van der Waals surface area contributed by atoms with Gasteiger partial charge in [0.15, 0.2) is 0 Å². The SMILES string of the molecule is CC(O)C(C)SCc1cc(C(N)=O)ccc1F. The molecule has 3 N–H and O–H groups in total. The summed E-state index contributed by atoms with van der Waals surface area (Å²) in [6, 6.07) is 4.06. The van der Waals surface area contributed by atoms with Crippen LogP contribution in [0.2, 0.25) is 0 Å². The summed E-state index contributed by atoms with van der Waals surface area (Å²) in [6.07, 6.45) is -0.456. The third-order valence-corrected chi connectivity index (χ3v) is 3.91. The largest absolute Gasteiger partial charge is 0.392 e. The summed E-state index contributed by atoms with van der Waals surface area (Å²) in [7, 11) is 0. The summed E-state index contributed by atoms with van der Waals surface area (Å²) >= 11 is 1.43. The highest BCUT2D eigenvalue weighted by Gasteiger charge is 2.12. The summed E-state index contributed by atoms with van der Waals surface area (Å²) in [5, 5.41) is 9.33. The first-order chi connectivity index (χ1) is 7.91. The second kappa shape index (κ2) is 6.02. The second-order valence-corrected chi connectivity index (χ2v) is 5.29. The number of nitrogens with two attached hydrogens (primary N) is 1. The van der Waals surface area contributed by atoms with Gasteiger partial charge in [0.2, 0.25) is 5.91 Å². The van der Waals surface area contributed by atoms with Gasteiger partial charge >= 0.3 is 0 Å². The lowest BCUT2D eigenvalue weighted by Crippen LogP contribution is -2.15. The smallest absolute Gasteiger partial charge is 0.248 e. The molecule has 1 aromatic carbocycles. The Kier molecular flexibility index (Phi) is 4.96.